The van der Waals surface area contributed by atoms with Crippen molar-refractivity contribution >= 4 is 17.5 Å². The second-order valence-electron chi connectivity index (χ2n) is 3.68. The maximum Gasteiger partial charge on any atom is 0.249 e. The lowest BCUT2D eigenvalue weighted by molar-refractivity contribution is -0.134. The van der Waals surface area contributed by atoms with Gasteiger partial charge in [-0.2, -0.15) is 10.2 Å². The number of amides is 2. The summed E-state index contributed by atoms with van der Waals surface area (Å²) >= 11 is 0. The SMILES string of the molecule is CN(c1ccnnc1)C1CCC(=O)NC1=O. The van der Waals surface area contributed by atoms with Crippen LogP contribution in [0.15, 0.2) is 18.5 Å². The molecule has 0 radical (unpaired) electrons. The van der Waals surface area contributed by atoms with E-state index in [1.165, 1.54) is 0 Å². The zero-order valence-corrected chi connectivity index (χ0v) is 8.88. The zero-order valence-electron chi connectivity index (χ0n) is 8.88. The highest BCUT2D eigenvalue weighted by Gasteiger charge is 2.29. The van der Waals surface area contributed by atoms with Gasteiger partial charge in [-0.1, -0.05) is 0 Å². The fourth-order valence-electron chi connectivity index (χ4n) is 1.72. The topological polar surface area (TPSA) is 75.2 Å². The smallest absolute Gasteiger partial charge is 0.249 e. The number of nitrogens with one attached hydrogen (secondary N) is 1. The molecule has 1 N–H and O–H groups in total. The number of nitrogens with zero attached hydrogens (tertiary/aromatic N) is 3. The summed E-state index contributed by atoms with van der Waals surface area (Å²) in [4.78, 5) is 24.4. The third-order valence-electron chi connectivity index (χ3n) is 2.65. The summed E-state index contributed by atoms with van der Waals surface area (Å²) in [6.45, 7) is 0. The van der Waals surface area contributed by atoms with Gasteiger partial charge in [0, 0.05) is 13.5 Å². The first kappa shape index (κ1) is 10.5. The maximum atomic E-state index is 11.6. The number of aromatic nitrogens is 2. The van der Waals surface area contributed by atoms with Gasteiger partial charge in [-0.05, 0) is 12.5 Å². The van der Waals surface area contributed by atoms with Gasteiger partial charge in [0.1, 0.15) is 6.04 Å². The summed E-state index contributed by atoms with van der Waals surface area (Å²) in [5, 5.41) is 9.75. The summed E-state index contributed by atoms with van der Waals surface area (Å²) in [5.41, 5.74) is 0.810. The Labute approximate surface area is 92.7 Å². The molecule has 1 atom stereocenters. The molecule has 6 nitrogen and oxygen atoms in total. The largest absolute Gasteiger partial charge is 0.361 e. The second kappa shape index (κ2) is 4.26. The van der Waals surface area contributed by atoms with Crippen LogP contribution in [0.4, 0.5) is 5.69 Å². The molecule has 0 bridgehead atoms. The van der Waals surface area contributed by atoms with Crippen molar-refractivity contribution in [1.82, 2.24) is 15.5 Å². The number of carbonyl (C=O) groups excluding carboxylic acids is 2. The lowest BCUT2D eigenvalue weighted by Gasteiger charge is -2.30. The number of rotatable bonds is 2. The predicted octanol–water partition coefficient (Wildman–Crippen LogP) is -0.282. The minimum Gasteiger partial charge on any atom is -0.361 e. The van der Waals surface area contributed by atoms with Crippen LogP contribution in [0, 0.1) is 0 Å². The van der Waals surface area contributed by atoms with E-state index in [1.54, 1.807) is 30.4 Å². The van der Waals surface area contributed by atoms with Crippen LogP contribution in [0.3, 0.4) is 0 Å². The van der Waals surface area contributed by atoms with Crippen LogP contribution >= 0.6 is 0 Å². The molecule has 1 saturated heterocycles. The summed E-state index contributed by atoms with van der Waals surface area (Å²) < 4.78 is 0. The average Bonchev–Trinajstić information content (AvgIpc) is 2.29. The van der Waals surface area contributed by atoms with Gasteiger partial charge in [-0.15, -0.1) is 0 Å². The lowest BCUT2D eigenvalue weighted by Crippen LogP contribution is -2.51. The molecule has 1 aliphatic rings. The van der Waals surface area contributed by atoms with E-state index in [2.05, 4.69) is 15.5 Å². The summed E-state index contributed by atoms with van der Waals surface area (Å²) in [6, 6.07) is 1.46. The fraction of sp³-hybridized carbons (Fsp3) is 0.400. The highest BCUT2D eigenvalue weighted by atomic mass is 16.2. The molecule has 1 aromatic rings. The van der Waals surface area contributed by atoms with Gasteiger partial charge < -0.3 is 4.90 Å². The Kier molecular flexibility index (Phi) is 2.80. The molecule has 6 heteroatoms. The molecule has 2 rings (SSSR count). The first-order chi connectivity index (χ1) is 7.68. The minimum absolute atomic E-state index is 0.206. The summed E-state index contributed by atoms with van der Waals surface area (Å²) in [7, 11) is 1.80. The predicted molar refractivity (Wildman–Crippen MR) is 56.6 cm³/mol. The molecule has 1 aliphatic heterocycles. The van der Waals surface area contributed by atoms with Crippen LogP contribution in [0.5, 0.6) is 0 Å². The van der Waals surface area contributed by atoms with Crippen molar-refractivity contribution in [2.75, 3.05) is 11.9 Å². The number of likely N-dealkylation sites (N-methyl/N-ethyl adjacent to an activating group) is 1. The standard InChI is InChI=1S/C10H12N4O2/c1-14(7-4-5-11-12-6-7)8-2-3-9(15)13-10(8)16/h4-6,8H,2-3H2,1H3,(H,13,15,16). The average molecular weight is 220 g/mol. The van der Waals surface area contributed by atoms with Crippen LogP contribution in [0.1, 0.15) is 12.8 Å². The van der Waals surface area contributed by atoms with Gasteiger partial charge in [0.05, 0.1) is 18.1 Å². The number of imide groups is 1. The first-order valence-corrected chi connectivity index (χ1v) is 5.01. The third kappa shape index (κ3) is 2.00. The van der Waals surface area contributed by atoms with E-state index in [0.717, 1.165) is 5.69 Å². The highest BCUT2D eigenvalue weighted by molar-refractivity contribution is 6.01. The molecule has 2 amide bonds. The van der Waals surface area contributed by atoms with Crippen molar-refractivity contribution in [3.05, 3.63) is 18.5 Å². The lowest BCUT2D eigenvalue weighted by atomic mass is 10.0. The van der Waals surface area contributed by atoms with Crippen LogP contribution in [0.2, 0.25) is 0 Å². The summed E-state index contributed by atoms with van der Waals surface area (Å²) in [6.07, 6.45) is 4.06. The molecule has 1 fully saturated rings. The maximum absolute atomic E-state index is 11.6. The van der Waals surface area contributed by atoms with E-state index in [4.69, 9.17) is 0 Å². The first-order valence-electron chi connectivity index (χ1n) is 5.01. The number of piperidine rings is 1. The molecule has 0 aromatic carbocycles. The molecule has 0 saturated carbocycles. The molecule has 1 unspecified atom stereocenters. The van der Waals surface area contributed by atoms with Crippen LogP contribution < -0.4 is 10.2 Å². The van der Waals surface area contributed by atoms with Gasteiger partial charge in [-0.3, -0.25) is 14.9 Å². The normalized spacial score (nSPS) is 20.4. The molecule has 0 aliphatic carbocycles. The van der Waals surface area contributed by atoms with Crippen LogP contribution in [0.25, 0.3) is 0 Å². The van der Waals surface area contributed by atoms with Crippen molar-refractivity contribution in [3.8, 4) is 0 Å². The number of carbonyl (C=O) groups is 2. The Balaban J connectivity index is 2.13. The zero-order chi connectivity index (χ0) is 11.5. The molecule has 0 spiro atoms. The molecule has 16 heavy (non-hydrogen) atoms. The van der Waals surface area contributed by atoms with E-state index < -0.39 is 0 Å². The van der Waals surface area contributed by atoms with E-state index in [-0.39, 0.29) is 17.9 Å². The fourth-order valence-corrected chi connectivity index (χ4v) is 1.72. The van der Waals surface area contributed by atoms with E-state index in [0.29, 0.717) is 12.8 Å². The van der Waals surface area contributed by atoms with Crippen molar-refractivity contribution in [2.45, 2.75) is 18.9 Å². The van der Waals surface area contributed by atoms with Crippen molar-refractivity contribution in [2.24, 2.45) is 0 Å². The van der Waals surface area contributed by atoms with Crippen LogP contribution in [-0.4, -0.2) is 35.1 Å². The van der Waals surface area contributed by atoms with Gasteiger partial charge in [0.2, 0.25) is 11.8 Å². The van der Waals surface area contributed by atoms with Crippen molar-refractivity contribution in [1.29, 1.82) is 0 Å². The summed E-state index contributed by atoms with van der Waals surface area (Å²) in [5.74, 6) is -0.460. The minimum atomic E-state index is -0.318. The van der Waals surface area contributed by atoms with E-state index >= 15 is 0 Å². The Hall–Kier alpha value is -1.98. The number of anilines is 1. The van der Waals surface area contributed by atoms with Crippen molar-refractivity contribution in [3.63, 3.8) is 0 Å². The highest BCUT2D eigenvalue weighted by Crippen LogP contribution is 2.17. The quantitative estimate of drug-likeness (QED) is 0.694. The Morgan fingerprint density at radius 1 is 1.44 bits per heavy atom. The Morgan fingerprint density at radius 2 is 2.25 bits per heavy atom. The van der Waals surface area contributed by atoms with Gasteiger partial charge in [0.15, 0.2) is 0 Å². The molecular formula is C10H12N4O2. The van der Waals surface area contributed by atoms with E-state index in [1.807, 2.05) is 0 Å². The van der Waals surface area contributed by atoms with Crippen molar-refractivity contribution < 1.29 is 9.59 Å². The molecule has 1 aromatic heterocycles. The van der Waals surface area contributed by atoms with E-state index in [9.17, 15) is 9.59 Å². The molecule has 2 heterocycles. The Morgan fingerprint density at radius 3 is 2.88 bits per heavy atom. The Bertz CT molecular complexity index is 407. The van der Waals surface area contributed by atoms with Gasteiger partial charge >= 0.3 is 0 Å². The molecule has 84 valence electrons. The molecular weight excluding hydrogens is 208 g/mol. The third-order valence-corrected chi connectivity index (χ3v) is 2.65. The van der Waals surface area contributed by atoms with Gasteiger partial charge in [-0.25, -0.2) is 0 Å². The number of hydrogen-bond donors (Lipinski definition) is 1. The van der Waals surface area contributed by atoms with Crippen LogP contribution in [-0.2, 0) is 9.59 Å². The second-order valence-corrected chi connectivity index (χ2v) is 3.68. The number of hydrogen-bond acceptors (Lipinski definition) is 5. The van der Waals surface area contributed by atoms with Gasteiger partial charge in [0.25, 0.3) is 0 Å². The monoisotopic (exact) mass is 220 g/mol.